The van der Waals surface area contributed by atoms with Gasteiger partial charge in [-0.3, -0.25) is 14.1 Å². The third-order valence-corrected chi connectivity index (χ3v) is 9.60. The molecule has 0 aliphatic carbocycles. The van der Waals surface area contributed by atoms with E-state index < -0.39 is 32.5 Å². The number of hydrogen-bond donors (Lipinski definition) is 2. The van der Waals surface area contributed by atoms with Crippen molar-refractivity contribution in [3.8, 4) is 0 Å². The van der Waals surface area contributed by atoms with Crippen LogP contribution in [0.25, 0.3) is 0 Å². The van der Waals surface area contributed by atoms with Crippen LogP contribution in [0.15, 0.2) is 48.6 Å². The summed E-state index contributed by atoms with van der Waals surface area (Å²) in [6.07, 6.45) is 48.3. The molecule has 0 aliphatic rings. The molecule has 1 unspecified atom stereocenters. The van der Waals surface area contributed by atoms with Crippen LogP contribution in [0.2, 0.25) is 0 Å². The second-order valence-corrected chi connectivity index (χ2v) is 15.5. The molecule has 0 amide bonds. The van der Waals surface area contributed by atoms with Crippen LogP contribution in [0, 0.1) is 0 Å². The zero-order valence-corrected chi connectivity index (χ0v) is 34.8. The Balaban J connectivity index is 3.87. The van der Waals surface area contributed by atoms with Gasteiger partial charge in [0.25, 0.3) is 0 Å². The highest BCUT2D eigenvalue weighted by molar-refractivity contribution is 7.46. The molecule has 8 nitrogen and oxygen atoms in total. The second-order valence-electron chi connectivity index (χ2n) is 14.3. The number of unbranched alkanes of at least 4 members (excludes halogenated alkanes) is 21. The van der Waals surface area contributed by atoms with Crippen LogP contribution < -0.4 is 0 Å². The highest BCUT2D eigenvalue weighted by Crippen LogP contribution is 2.36. The number of phosphoric ester groups is 1. The van der Waals surface area contributed by atoms with Crippen LogP contribution in [0.4, 0.5) is 0 Å². The van der Waals surface area contributed by atoms with E-state index in [0.717, 1.165) is 70.6 Å². The molecule has 0 spiro atoms. The van der Waals surface area contributed by atoms with E-state index in [-0.39, 0.29) is 19.4 Å². The standard InChI is InChI=1S/C44H79O8P/c1-3-5-7-9-11-13-15-17-18-19-20-21-22-23-24-25-26-27-29-31-33-35-37-39-44(46)52-42(41-51-53(47,48)49)40-50-43(45)38-36-34-32-30-28-16-14-12-10-8-6-4-2/h5,7,11,13,17-18,20-21,42H,3-4,6,8-10,12,14-16,19,22-41H2,1-2H3,(H2,47,48,49)/b7-5-,13-11-,18-17-,21-20-. The molecule has 9 heteroatoms. The minimum Gasteiger partial charge on any atom is -0.462 e. The van der Waals surface area contributed by atoms with Gasteiger partial charge in [-0.05, 0) is 51.4 Å². The van der Waals surface area contributed by atoms with Crippen LogP contribution in [0.3, 0.4) is 0 Å². The van der Waals surface area contributed by atoms with Crippen molar-refractivity contribution >= 4 is 19.8 Å². The molecule has 0 radical (unpaired) electrons. The van der Waals surface area contributed by atoms with E-state index in [1.54, 1.807) is 0 Å². The maximum atomic E-state index is 12.4. The first-order valence-electron chi connectivity index (χ1n) is 21.4. The molecule has 308 valence electrons. The first-order valence-corrected chi connectivity index (χ1v) is 23.0. The molecule has 0 aromatic rings. The predicted molar refractivity (Wildman–Crippen MR) is 221 cm³/mol. The van der Waals surface area contributed by atoms with E-state index in [1.807, 2.05) is 0 Å². The van der Waals surface area contributed by atoms with Gasteiger partial charge in [0.15, 0.2) is 6.10 Å². The molecule has 53 heavy (non-hydrogen) atoms. The third-order valence-electron chi connectivity index (χ3n) is 9.11. The highest BCUT2D eigenvalue weighted by Gasteiger charge is 2.22. The first kappa shape index (κ1) is 51.0. The van der Waals surface area contributed by atoms with Crippen molar-refractivity contribution in [2.75, 3.05) is 13.2 Å². The molecule has 0 aromatic carbocycles. The summed E-state index contributed by atoms with van der Waals surface area (Å²) >= 11 is 0. The summed E-state index contributed by atoms with van der Waals surface area (Å²) in [6.45, 7) is 3.57. The topological polar surface area (TPSA) is 119 Å². The Morgan fingerprint density at radius 1 is 0.509 bits per heavy atom. The minimum atomic E-state index is -4.75. The number of esters is 2. The lowest BCUT2D eigenvalue weighted by molar-refractivity contribution is -0.161. The van der Waals surface area contributed by atoms with Crippen LogP contribution in [-0.4, -0.2) is 41.0 Å². The molecule has 0 rings (SSSR count). The van der Waals surface area contributed by atoms with Crippen molar-refractivity contribution in [2.45, 2.75) is 206 Å². The molecule has 2 N–H and O–H groups in total. The maximum Gasteiger partial charge on any atom is 0.469 e. The fourth-order valence-corrected chi connectivity index (χ4v) is 6.31. The number of rotatable bonds is 39. The van der Waals surface area contributed by atoms with E-state index in [0.29, 0.717) is 6.42 Å². The van der Waals surface area contributed by atoms with Crippen molar-refractivity contribution in [2.24, 2.45) is 0 Å². The van der Waals surface area contributed by atoms with Gasteiger partial charge in [0.1, 0.15) is 6.61 Å². The van der Waals surface area contributed by atoms with Gasteiger partial charge in [0, 0.05) is 12.8 Å². The van der Waals surface area contributed by atoms with Crippen LogP contribution in [0.5, 0.6) is 0 Å². The molecule has 0 bridgehead atoms. The zero-order chi connectivity index (χ0) is 38.9. The van der Waals surface area contributed by atoms with E-state index in [2.05, 4.69) is 67.0 Å². The summed E-state index contributed by atoms with van der Waals surface area (Å²) in [5, 5.41) is 0. The number of phosphoric acid groups is 1. The molecule has 0 aromatic heterocycles. The van der Waals surface area contributed by atoms with Crippen molar-refractivity contribution in [1.29, 1.82) is 0 Å². The minimum absolute atomic E-state index is 0.207. The van der Waals surface area contributed by atoms with Gasteiger partial charge in [-0.2, -0.15) is 0 Å². The smallest absolute Gasteiger partial charge is 0.462 e. The Kier molecular flexibility index (Phi) is 38.2. The summed E-state index contributed by atoms with van der Waals surface area (Å²) < 4.78 is 26.4. The van der Waals surface area contributed by atoms with Gasteiger partial charge >= 0.3 is 19.8 Å². The lowest BCUT2D eigenvalue weighted by Crippen LogP contribution is -2.29. The molecule has 0 aliphatic heterocycles. The first-order chi connectivity index (χ1) is 25.8. The fourth-order valence-electron chi connectivity index (χ4n) is 5.95. The molecular formula is C44H79O8P. The van der Waals surface area contributed by atoms with Crippen LogP contribution in [0.1, 0.15) is 200 Å². The number of allylic oxidation sites excluding steroid dienone is 8. The summed E-state index contributed by atoms with van der Waals surface area (Å²) in [7, 11) is -4.75. The third kappa shape index (κ3) is 42.6. The maximum absolute atomic E-state index is 12.4. The number of hydrogen-bond acceptors (Lipinski definition) is 6. The normalized spacial score (nSPS) is 12.9. The monoisotopic (exact) mass is 767 g/mol. The Morgan fingerprint density at radius 2 is 0.906 bits per heavy atom. The van der Waals surface area contributed by atoms with E-state index in [4.69, 9.17) is 19.3 Å². The Labute approximate surface area is 324 Å². The highest BCUT2D eigenvalue weighted by atomic mass is 31.2. The van der Waals surface area contributed by atoms with Crippen LogP contribution in [-0.2, 0) is 28.2 Å². The average Bonchev–Trinajstić information content (AvgIpc) is 3.13. The lowest BCUT2D eigenvalue weighted by atomic mass is 10.0. The molecule has 0 saturated heterocycles. The van der Waals surface area contributed by atoms with Crippen molar-refractivity contribution in [3.63, 3.8) is 0 Å². The van der Waals surface area contributed by atoms with E-state index in [9.17, 15) is 14.2 Å². The number of ether oxygens (including phenoxy) is 2. The van der Waals surface area contributed by atoms with E-state index >= 15 is 0 Å². The summed E-state index contributed by atoms with van der Waals surface area (Å²) in [4.78, 5) is 42.8. The van der Waals surface area contributed by atoms with Crippen LogP contribution >= 0.6 is 7.82 Å². The number of carbonyl (C=O) groups excluding carboxylic acids is 2. The van der Waals surface area contributed by atoms with Crippen molar-refractivity contribution in [3.05, 3.63) is 48.6 Å². The molecular weight excluding hydrogens is 687 g/mol. The van der Waals surface area contributed by atoms with Gasteiger partial charge in [0.2, 0.25) is 0 Å². The largest absolute Gasteiger partial charge is 0.469 e. The van der Waals surface area contributed by atoms with Gasteiger partial charge in [-0.25, -0.2) is 4.57 Å². The molecule has 0 heterocycles. The van der Waals surface area contributed by atoms with Gasteiger partial charge in [-0.15, -0.1) is 0 Å². The summed E-state index contributed by atoms with van der Waals surface area (Å²) in [5.41, 5.74) is 0. The average molecular weight is 767 g/mol. The Bertz CT molecular complexity index is 999. The molecule has 0 fully saturated rings. The second kappa shape index (κ2) is 39.7. The Hall–Kier alpha value is -1.99. The van der Waals surface area contributed by atoms with Gasteiger partial charge in [-0.1, -0.05) is 184 Å². The Morgan fingerprint density at radius 3 is 1.36 bits per heavy atom. The lowest BCUT2D eigenvalue weighted by Gasteiger charge is -2.18. The quantitative estimate of drug-likeness (QED) is 0.0275. The summed E-state index contributed by atoms with van der Waals surface area (Å²) in [6, 6.07) is 0. The van der Waals surface area contributed by atoms with Crippen molar-refractivity contribution < 1.29 is 37.9 Å². The molecule has 0 saturated carbocycles. The van der Waals surface area contributed by atoms with E-state index in [1.165, 1.54) is 96.3 Å². The van der Waals surface area contributed by atoms with Crippen molar-refractivity contribution in [1.82, 2.24) is 0 Å². The van der Waals surface area contributed by atoms with Gasteiger partial charge < -0.3 is 19.3 Å². The zero-order valence-electron chi connectivity index (χ0n) is 33.9. The summed E-state index contributed by atoms with van der Waals surface area (Å²) in [5.74, 6) is -0.886. The fraction of sp³-hybridized carbons (Fsp3) is 0.773. The predicted octanol–water partition coefficient (Wildman–Crippen LogP) is 13.1. The number of carbonyl (C=O) groups is 2. The van der Waals surface area contributed by atoms with Gasteiger partial charge in [0.05, 0.1) is 6.61 Å². The molecule has 1 atom stereocenters. The SMILES string of the molecule is CC/C=C\C/C=C\C/C=C\C/C=C\CCCCCCCCCCCCC(=O)OC(COC(=O)CCCCCCCCCCCCCC)COP(=O)(O)O.